The van der Waals surface area contributed by atoms with E-state index in [2.05, 4.69) is 29.3 Å². The summed E-state index contributed by atoms with van der Waals surface area (Å²) in [5.74, 6) is 0. The van der Waals surface area contributed by atoms with Gasteiger partial charge in [-0.3, -0.25) is 0 Å². The minimum Gasteiger partial charge on any atom is -0.330 e. The first-order valence-electron chi connectivity index (χ1n) is 2.86. The van der Waals surface area contributed by atoms with Gasteiger partial charge in [0.05, 0.1) is 11.2 Å². The van der Waals surface area contributed by atoms with E-state index in [4.69, 9.17) is 0 Å². The van der Waals surface area contributed by atoms with Crippen LogP contribution >= 0.6 is 11.8 Å². The number of rotatable bonds is 0. The Bertz CT molecular complexity index is 203. The molecule has 0 bridgehead atoms. The van der Waals surface area contributed by atoms with E-state index in [0.29, 0.717) is 0 Å². The predicted molar refractivity (Wildman–Crippen MR) is 39.3 cm³/mol. The highest BCUT2D eigenvalue weighted by molar-refractivity contribution is 8.05. The molecular formula is C7H6NS. The Morgan fingerprint density at radius 2 is 2.67 bits per heavy atom. The number of hydrogen-bond acceptors (Lipinski definition) is 2. The third-order valence-corrected chi connectivity index (χ3v) is 2.14. The first kappa shape index (κ1) is 5.18. The molecule has 45 valence electrons. The first-order valence-corrected chi connectivity index (χ1v) is 3.74. The Morgan fingerprint density at radius 3 is 3.56 bits per heavy atom. The van der Waals surface area contributed by atoms with E-state index in [1.54, 1.807) is 11.8 Å². The van der Waals surface area contributed by atoms with Gasteiger partial charge in [-0.05, 0) is 6.08 Å². The van der Waals surface area contributed by atoms with Gasteiger partial charge in [-0.15, -0.1) is 0 Å². The Kier molecular flexibility index (Phi) is 1.12. The Labute approximate surface area is 58.7 Å². The molecule has 0 unspecified atom stereocenters. The number of allylic oxidation sites excluding steroid dienone is 2. The van der Waals surface area contributed by atoms with Crippen LogP contribution in [0.2, 0.25) is 0 Å². The Morgan fingerprint density at radius 1 is 1.67 bits per heavy atom. The summed E-state index contributed by atoms with van der Waals surface area (Å²) in [7, 11) is 0. The highest BCUT2D eigenvalue weighted by Gasteiger charge is 2.11. The molecule has 9 heavy (non-hydrogen) atoms. The van der Waals surface area contributed by atoms with Crippen molar-refractivity contribution in [1.29, 1.82) is 0 Å². The van der Waals surface area contributed by atoms with Crippen molar-refractivity contribution in [3.63, 3.8) is 0 Å². The van der Waals surface area contributed by atoms with E-state index in [-0.39, 0.29) is 0 Å². The number of fused-ring (bicyclic) bond motifs is 1. The molecule has 1 nitrogen and oxygen atoms in total. The topological polar surface area (TPSA) is 3.24 Å². The Balaban J connectivity index is 2.29. The molecule has 1 radical (unpaired) electrons. The summed E-state index contributed by atoms with van der Waals surface area (Å²) in [6.45, 7) is 0.981. The van der Waals surface area contributed by atoms with E-state index >= 15 is 0 Å². The molecule has 0 aromatic carbocycles. The lowest BCUT2D eigenvalue weighted by Crippen LogP contribution is -2.13. The van der Waals surface area contributed by atoms with Crippen LogP contribution in [0, 0.1) is 6.20 Å². The number of nitrogens with zero attached hydrogens (tertiary/aromatic N) is 1. The predicted octanol–water partition coefficient (Wildman–Crippen LogP) is 1.72. The minimum absolute atomic E-state index is 0.981. The minimum atomic E-state index is 0.981. The lowest BCUT2D eigenvalue weighted by atomic mass is 10.4. The summed E-state index contributed by atoms with van der Waals surface area (Å²) in [5.41, 5.74) is 0. The van der Waals surface area contributed by atoms with Gasteiger partial charge in [-0.25, -0.2) is 0 Å². The standard InChI is InChI=1S/C7H6NS/c1-2-4-8-5-6-9-7(8)3-1/h1-3,6H,4H2. The van der Waals surface area contributed by atoms with Gasteiger partial charge in [0.1, 0.15) is 0 Å². The molecule has 2 rings (SSSR count). The average Bonchev–Trinajstić information content (AvgIpc) is 2.33. The second-order valence-electron chi connectivity index (χ2n) is 1.91. The molecule has 0 aromatic rings. The fourth-order valence-electron chi connectivity index (χ4n) is 0.866. The van der Waals surface area contributed by atoms with Gasteiger partial charge < -0.3 is 4.90 Å². The zero-order valence-corrected chi connectivity index (χ0v) is 5.69. The van der Waals surface area contributed by atoms with Gasteiger partial charge in [-0.2, -0.15) is 0 Å². The molecule has 0 N–H and O–H groups in total. The van der Waals surface area contributed by atoms with E-state index in [9.17, 15) is 0 Å². The van der Waals surface area contributed by atoms with Crippen LogP contribution in [0.5, 0.6) is 0 Å². The van der Waals surface area contributed by atoms with Crippen molar-refractivity contribution in [2.75, 3.05) is 6.54 Å². The summed E-state index contributed by atoms with van der Waals surface area (Å²) in [6, 6.07) is 0. The normalized spacial score (nSPS) is 22.2. The SMILES string of the molecule is [C]1=CSC2=CC=CCN12. The quantitative estimate of drug-likeness (QED) is 0.499. The average molecular weight is 136 g/mol. The van der Waals surface area contributed by atoms with Crippen LogP contribution in [-0.4, -0.2) is 11.4 Å². The van der Waals surface area contributed by atoms with Gasteiger partial charge in [0.15, 0.2) is 0 Å². The van der Waals surface area contributed by atoms with Crippen LogP contribution in [0.1, 0.15) is 0 Å². The van der Waals surface area contributed by atoms with E-state index in [1.165, 1.54) is 5.03 Å². The van der Waals surface area contributed by atoms with Crippen molar-refractivity contribution in [1.82, 2.24) is 4.90 Å². The third kappa shape index (κ3) is 0.793. The van der Waals surface area contributed by atoms with Crippen LogP contribution in [-0.2, 0) is 0 Å². The zero-order valence-electron chi connectivity index (χ0n) is 4.87. The van der Waals surface area contributed by atoms with Crippen molar-refractivity contribution in [3.8, 4) is 0 Å². The number of hydrogen-bond donors (Lipinski definition) is 0. The van der Waals surface area contributed by atoms with Crippen molar-refractivity contribution in [2.45, 2.75) is 0 Å². The van der Waals surface area contributed by atoms with Crippen molar-refractivity contribution >= 4 is 11.8 Å². The lowest BCUT2D eigenvalue weighted by molar-refractivity contribution is 0.532. The fourth-order valence-corrected chi connectivity index (χ4v) is 1.58. The molecule has 0 spiro atoms. The summed E-state index contributed by atoms with van der Waals surface area (Å²) in [6.07, 6.45) is 9.42. The number of thioether (sulfide) groups is 1. The second kappa shape index (κ2) is 1.95. The molecule has 2 aliphatic heterocycles. The first-order chi connectivity index (χ1) is 4.47. The van der Waals surface area contributed by atoms with E-state index < -0.39 is 0 Å². The van der Waals surface area contributed by atoms with Gasteiger partial charge in [0.2, 0.25) is 0 Å². The van der Waals surface area contributed by atoms with Crippen molar-refractivity contribution in [2.24, 2.45) is 0 Å². The van der Waals surface area contributed by atoms with Gasteiger partial charge >= 0.3 is 0 Å². The van der Waals surface area contributed by atoms with Crippen LogP contribution in [0.25, 0.3) is 0 Å². The Hall–Kier alpha value is -0.630. The maximum atomic E-state index is 3.11. The van der Waals surface area contributed by atoms with Crippen LogP contribution in [0.4, 0.5) is 0 Å². The maximum Gasteiger partial charge on any atom is 0.0798 e. The van der Waals surface area contributed by atoms with Crippen LogP contribution < -0.4 is 0 Å². The summed E-state index contributed by atoms with van der Waals surface area (Å²) < 4.78 is 0. The summed E-state index contributed by atoms with van der Waals surface area (Å²) >= 11 is 1.73. The van der Waals surface area contributed by atoms with E-state index in [1.807, 2.05) is 5.41 Å². The zero-order chi connectivity index (χ0) is 6.10. The highest BCUT2D eigenvalue weighted by atomic mass is 32.2. The molecule has 0 saturated heterocycles. The molecule has 0 aromatic heterocycles. The second-order valence-corrected chi connectivity index (χ2v) is 2.80. The smallest absolute Gasteiger partial charge is 0.0798 e. The van der Waals surface area contributed by atoms with Crippen molar-refractivity contribution in [3.05, 3.63) is 34.9 Å². The molecule has 2 aliphatic rings. The maximum absolute atomic E-state index is 3.11. The van der Waals surface area contributed by atoms with Crippen LogP contribution in [0.3, 0.4) is 0 Å². The molecular weight excluding hydrogens is 130 g/mol. The molecule has 0 saturated carbocycles. The lowest BCUT2D eigenvalue weighted by Gasteiger charge is -2.16. The molecule has 0 atom stereocenters. The van der Waals surface area contributed by atoms with Crippen LogP contribution in [0.15, 0.2) is 28.7 Å². The molecule has 0 aliphatic carbocycles. The van der Waals surface area contributed by atoms with Crippen molar-refractivity contribution < 1.29 is 0 Å². The van der Waals surface area contributed by atoms with E-state index in [0.717, 1.165) is 6.54 Å². The van der Waals surface area contributed by atoms with Gasteiger partial charge in [-0.1, -0.05) is 23.9 Å². The molecule has 2 heteroatoms. The van der Waals surface area contributed by atoms with Gasteiger partial charge in [0.25, 0.3) is 0 Å². The highest BCUT2D eigenvalue weighted by Crippen LogP contribution is 2.29. The monoisotopic (exact) mass is 136 g/mol. The summed E-state index contributed by atoms with van der Waals surface area (Å²) in [5, 5.41) is 3.27. The molecule has 0 fully saturated rings. The fraction of sp³-hybridized carbons (Fsp3) is 0.143. The third-order valence-electron chi connectivity index (χ3n) is 1.32. The largest absolute Gasteiger partial charge is 0.330 e. The summed E-state index contributed by atoms with van der Waals surface area (Å²) in [4.78, 5) is 2.10. The molecule has 2 heterocycles. The van der Waals surface area contributed by atoms with Gasteiger partial charge in [0, 0.05) is 12.0 Å². The molecule has 0 amide bonds.